The van der Waals surface area contributed by atoms with E-state index in [9.17, 15) is 14.4 Å². The van der Waals surface area contributed by atoms with Gasteiger partial charge in [-0.05, 0) is 59.3 Å². The molecule has 0 saturated carbocycles. The number of hydrogen-bond donors (Lipinski definition) is 2. The van der Waals surface area contributed by atoms with E-state index in [1.807, 2.05) is 30.3 Å². The Morgan fingerprint density at radius 1 is 0.919 bits per heavy atom. The standard InChI is InChI=1S/C28H22BrN3O5/c1-36-22-12-9-19(10-13-22)28(35)37-25-14-11-18-5-2-3-8-23(18)24(25)16-31-32-26(33)17-30-27(34)20-6-4-7-21(29)15-20/h2-16H,17H2,1H3,(H,30,34)(H,32,33). The van der Waals surface area contributed by atoms with Gasteiger partial charge in [0.25, 0.3) is 11.8 Å². The van der Waals surface area contributed by atoms with E-state index in [0.29, 0.717) is 22.4 Å². The van der Waals surface area contributed by atoms with Crippen LogP contribution >= 0.6 is 15.9 Å². The minimum atomic E-state index is -0.549. The van der Waals surface area contributed by atoms with Crippen LogP contribution in [0, 0.1) is 0 Å². The summed E-state index contributed by atoms with van der Waals surface area (Å²) in [5, 5.41) is 8.26. The zero-order chi connectivity index (χ0) is 26.2. The fourth-order valence-corrected chi connectivity index (χ4v) is 3.88. The third-order valence-corrected chi connectivity index (χ3v) is 5.83. The van der Waals surface area contributed by atoms with Crippen molar-refractivity contribution in [2.24, 2.45) is 5.10 Å². The highest BCUT2D eigenvalue weighted by molar-refractivity contribution is 9.10. The SMILES string of the molecule is COc1ccc(C(=O)Oc2ccc3ccccc3c2C=NNC(=O)CNC(=O)c2cccc(Br)c2)cc1. The monoisotopic (exact) mass is 559 g/mol. The van der Waals surface area contributed by atoms with Gasteiger partial charge in [-0.1, -0.05) is 52.3 Å². The smallest absolute Gasteiger partial charge is 0.343 e. The number of nitrogens with zero attached hydrogens (tertiary/aromatic N) is 1. The van der Waals surface area contributed by atoms with Crippen LogP contribution in [0.5, 0.6) is 11.5 Å². The van der Waals surface area contributed by atoms with Crippen molar-refractivity contribution in [3.05, 3.63) is 106 Å². The predicted octanol–water partition coefficient (Wildman–Crippen LogP) is 4.71. The summed E-state index contributed by atoms with van der Waals surface area (Å²) in [7, 11) is 1.54. The van der Waals surface area contributed by atoms with Gasteiger partial charge in [-0.15, -0.1) is 0 Å². The number of nitrogens with one attached hydrogen (secondary N) is 2. The Kier molecular flexibility index (Phi) is 8.27. The first-order chi connectivity index (χ1) is 17.9. The van der Waals surface area contributed by atoms with Crippen molar-refractivity contribution in [1.82, 2.24) is 10.7 Å². The van der Waals surface area contributed by atoms with Gasteiger partial charge in [0.05, 0.1) is 25.4 Å². The average Bonchev–Trinajstić information content (AvgIpc) is 2.92. The summed E-state index contributed by atoms with van der Waals surface area (Å²) in [6.07, 6.45) is 1.41. The first-order valence-electron chi connectivity index (χ1n) is 11.2. The highest BCUT2D eigenvalue weighted by Crippen LogP contribution is 2.27. The molecule has 0 bridgehead atoms. The van der Waals surface area contributed by atoms with Gasteiger partial charge in [0.1, 0.15) is 11.5 Å². The largest absolute Gasteiger partial charge is 0.497 e. The molecular weight excluding hydrogens is 538 g/mol. The van der Waals surface area contributed by atoms with E-state index in [2.05, 4.69) is 31.8 Å². The van der Waals surface area contributed by atoms with Crippen LogP contribution in [0.15, 0.2) is 94.5 Å². The summed E-state index contributed by atoms with van der Waals surface area (Å²) in [6, 6.07) is 24.4. The molecule has 2 amide bonds. The summed E-state index contributed by atoms with van der Waals surface area (Å²) in [6.45, 7) is -0.266. The zero-order valence-corrected chi connectivity index (χ0v) is 21.3. The molecule has 186 valence electrons. The van der Waals surface area contributed by atoms with Gasteiger partial charge < -0.3 is 14.8 Å². The molecule has 0 aliphatic heterocycles. The lowest BCUT2D eigenvalue weighted by molar-refractivity contribution is -0.120. The van der Waals surface area contributed by atoms with E-state index in [1.165, 1.54) is 6.21 Å². The lowest BCUT2D eigenvalue weighted by atomic mass is 10.0. The van der Waals surface area contributed by atoms with Gasteiger partial charge >= 0.3 is 5.97 Å². The molecule has 0 radical (unpaired) electrons. The van der Waals surface area contributed by atoms with Gasteiger partial charge in [-0.2, -0.15) is 5.10 Å². The lowest BCUT2D eigenvalue weighted by Gasteiger charge is -2.11. The van der Waals surface area contributed by atoms with Gasteiger partial charge in [0.15, 0.2) is 0 Å². The number of carbonyl (C=O) groups excluding carboxylic acids is 3. The van der Waals surface area contributed by atoms with Gasteiger partial charge in [0.2, 0.25) is 0 Å². The Hall–Kier alpha value is -4.50. The molecule has 0 aliphatic rings. The maximum Gasteiger partial charge on any atom is 0.343 e. The number of hydrogen-bond acceptors (Lipinski definition) is 6. The average molecular weight is 560 g/mol. The van der Waals surface area contributed by atoms with E-state index in [0.717, 1.165) is 15.2 Å². The minimum Gasteiger partial charge on any atom is -0.497 e. The predicted molar refractivity (Wildman–Crippen MR) is 144 cm³/mol. The third kappa shape index (κ3) is 6.59. The van der Waals surface area contributed by atoms with Crippen molar-refractivity contribution in [3.8, 4) is 11.5 Å². The second kappa shape index (κ2) is 12.0. The quantitative estimate of drug-likeness (QED) is 0.141. The number of fused-ring (bicyclic) bond motifs is 1. The van der Waals surface area contributed by atoms with Crippen LogP contribution in [0.4, 0.5) is 0 Å². The second-order valence-electron chi connectivity index (χ2n) is 7.80. The number of rotatable bonds is 8. The van der Waals surface area contributed by atoms with Crippen LogP contribution in [0.25, 0.3) is 10.8 Å². The van der Waals surface area contributed by atoms with Crippen LogP contribution in [-0.4, -0.2) is 37.7 Å². The molecule has 0 fully saturated rings. The van der Waals surface area contributed by atoms with Crippen LogP contribution < -0.4 is 20.2 Å². The number of halogens is 1. The number of ether oxygens (including phenoxy) is 2. The molecule has 37 heavy (non-hydrogen) atoms. The van der Waals surface area contributed by atoms with E-state index >= 15 is 0 Å². The molecule has 0 spiro atoms. The summed E-state index contributed by atoms with van der Waals surface area (Å²) in [5.74, 6) is -0.551. The molecule has 8 nitrogen and oxygen atoms in total. The fourth-order valence-electron chi connectivity index (χ4n) is 3.48. The van der Waals surface area contributed by atoms with Gasteiger partial charge in [-0.3, -0.25) is 9.59 Å². The maximum atomic E-state index is 12.8. The van der Waals surface area contributed by atoms with E-state index in [4.69, 9.17) is 9.47 Å². The Labute approximate surface area is 221 Å². The van der Waals surface area contributed by atoms with Crippen molar-refractivity contribution >= 4 is 50.7 Å². The molecule has 0 heterocycles. The van der Waals surface area contributed by atoms with Crippen molar-refractivity contribution in [2.45, 2.75) is 0 Å². The molecule has 0 unspecified atom stereocenters. The van der Waals surface area contributed by atoms with Crippen LogP contribution in [0.3, 0.4) is 0 Å². The molecule has 0 saturated heterocycles. The Morgan fingerprint density at radius 2 is 1.70 bits per heavy atom. The number of benzene rings is 4. The molecule has 4 rings (SSSR count). The van der Waals surface area contributed by atoms with Gasteiger partial charge in [-0.25, -0.2) is 10.2 Å². The maximum absolute atomic E-state index is 12.8. The molecule has 0 aromatic heterocycles. The number of esters is 1. The van der Waals surface area contributed by atoms with Gasteiger partial charge in [0, 0.05) is 15.6 Å². The van der Waals surface area contributed by atoms with Crippen molar-refractivity contribution < 1.29 is 23.9 Å². The number of amides is 2. The molecule has 2 N–H and O–H groups in total. The van der Waals surface area contributed by atoms with Crippen molar-refractivity contribution in [1.29, 1.82) is 0 Å². The normalized spacial score (nSPS) is 10.8. The van der Waals surface area contributed by atoms with E-state index in [1.54, 1.807) is 61.7 Å². The highest BCUT2D eigenvalue weighted by Gasteiger charge is 2.14. The summed E-state index contributed by atoms with van der Waals surface area (Å²) in [4.78, 5) is 37.2. The topological polar surface area (TPSA) is 106 Å². The molecule has 4 aromatic carbocycles. The van der Waals surface area contributed by atoms with Crippen LogP contribution in [0.2, 0.25) is 0 Å². The fraction of sp³-hybridized carbons (Fsp3) is 0.0714. The van der Waals surface area contributed by atoms with Crippen molar-refractivity contribution in [3.63, 3.8) is 0 Å². The lowest BCUT2D eigenvalue weighted by Crippen LogP contribution is -2.34. The van der Waals surface area contributed by atoms with E-state index in [-0.39, 0.29) is 18.2 Å². The first kappa shape index (κ1) is 25.6. The Bertz CT molecular complexity index is 1490. The summed E-state index contributed by atoms with van der Waals surface area (Å²) < 4.78 is 11.5. The summed E-state index contributed by atoms with van der Waals surface area (Å²) >= 11 is 3.31. The van der Waals surface area contributed by atoms with Crippen LogP contribution in [-0.2, 0) is 4.79 Å². The third-order valence-electron chi connectivity index (χ3n) is 5.34. The Balaban J connectivity index is 1.47. The molecule has 0 aliphatic carbocycles. The van der Waals surface area contributed by atoms with Crippen LogP contribution in [0.1, 0.15) is 26.3 Å². The van der Waals surface area contributed by atoms with Crippen molar-refractivity contribution in [2.75, 3.05) is 13.7 Å². The zero-order valence-electron chi connectivity index (χ0n) is 19.7. The van der Waals surface area contributed by atoms with E-state index < -0.39 is 11.9 Å². The molecule has 9 heteroatoms. The molecular formula is C28H22BrN3O5. The second-order valence-corrected chi connectivity index (χ2v) is 8.72. The Morgan fingerprint density at radius 3 is 2.46 bits per heavy atom. The first-order valence-corrected chi connectivity index (χ1v) is 12.0. The molecule has 0 atom stereocenters. The highest BCUT2D eigenvalue weighted by atomic mass is 79.9. The molecule has 4 aromatic rings. The number of carbonyl (C=O) groups is 3. The minimum absolute atomic E-state index is 0.266. The summed E-state index contributed by atoms with van der Waals surface area (Å²) in [5.41, 5.74) is 3.68. The number of hydrazone groups is 1. The number of methoxy groups -OCH3 is 1.